The van der Waals surface area contributed by atoms with Crippen molar-refractivity contribution in [3.8, 4) is 22.6 Å². The lowest BCUT2D eigenvalue weighted by Crippen LogP contribution is -2.03. The summed E-state index contributed by atoms with van der Waals surface area (Å²) < 4.78 is 15.9. The molecule has 1 aromatic heterocycles. The molecule has 0 N–H and O–H groups in total. The molecule has 0 radical (unpaired) electrons. The van der Waals surface area contributed by atoms with Crippen molar-refractivity contribution in [1.82, 2.24) is 0 Å². The highest BCUT2D eigenvalue weighted by Gasteiger charge is 2.11. The van der Waals surface area contributed by atoms with Gasteiger partial charge >= 0.3 is 5.63 Å². The van der Waals surface area contributed by atoms with Crippen LogP contribution in [0.5, 0.6) is 11.5 Å². The highest BCUT2D eigenvalue weighted by molar-refractivity contribution is 5.82. The van der Waals surface area contributed by atoms with Crippen molar-refractivity contribution in [2.24, 2.45) is 0 Å². The molecular formula is C18H16O4. The Morgan fingerprint density at radius 3 is 2.41 bits per heavy atom. The molecule has 22 heavy (non-hydrogen) atoms. The van der Waals surface area contributed by atoms with E-state index in [-0.39, 0.29) is 5.63 Å². The first-order valence-electron chi connectivity index (χ1n) is 6.89. The lowest BCUT2D eigenvalue weighted by Gasteiger charge is -2.09. The second-order valence-electron chi connectivity index (χ2n) is 5.06. The first-order chi connectivity index (χ1) is 10.6. The van der Waals surface area contributed by atoms with Gasteiger partial charge in [-0.15, -0.1) is 0 Å². The molecule has 112 valence electrons. The summed E-state index contributed by atoms with van der Waals surface area (Å²) in [5.41, 5.74) is 2.55. The van der Waals surface area contributed by atoms with E-state index in [9.17, 15) is 4.79 Å². The van der Waals surface area contributed by atoms with Crippen LogP contribution in [0.4, 0.5) is 0 Å². The van der Waals surface area contributed by atoms with Crippen LogP contribution in [0, 0.1) is 6.92 Å². The average molecular weight is 296 g/mol. The minimum atomic E-state index is -0.372. The van der Waals surface area contributed by atoms with Gasteiger partial charge in [-0.2, -0.15) is 0 Å². The first kappa shape index (κ1) is 14.2. The van der Waals surface area contributed by atoms with E-state index in [0.717, 1.165) is 16.5 Å². The van der Waals surface area contributed by atoms with Gasteiger partial charge in [0.05, 0.1) is 19.8 Å². The van der Waals surface area contributed by atoms with Crippen molar-refractivity contribution in [3.05, 3.63) is 58.4 Å². The van der Waals surface area contributed by atoms with Crippen molar-refractivity contribution in [1.29, 1.82) is 0 Å². The van der Waals surface area contributed by atoms with Crippen LogP contribution < -0.4 is 15.1 Å². The zero-order valence-electron chi connectivity index (χ0n) is 12.7. The SMILES string of the molecule is COc1ccc(-c2cc3cc(C)ccc3oc2=O)cc1OC. The van der Waals surface area contributed by atoms with E-state index in [1.807, 2.05) is 37.3 Å². The quantitative estimate of drug-likeness (QED) is 0.690. The minimum absolute atomic E-state index is 0.372. The highest BCUT2D eigenvalue weighted by atomic mass is 16.5. The van der Waals surface area contributed by atoms with Crippen molar-refractivity contribution < 1.29 is 13.9 Å². The molecule has 0 aliphatic rings. The van der Waals surface area contributed by atoms with Crippen LogP contribution in [0.1, 0.15) is 5.56 Å². The Bertz CT molecular complexity index is 893. The normalized spacial score (nSPS) is 10.7. The Hall–Kier alpha value is -2.75. The van der Waals surface area contributed by atoms with Crippen LogP contribution in [-0.4, -0.2) is 14.2 Å². The van der Waals surface area contributed by atoms with Gasteiger partial charge in [0, 0.05) is 5.39 Å². The summed E-state index contributed by atoms with van der Waals surface area (Å²) in [4.78, 5) is 12.2. The largest absolute Gasteiger partial charge is 0.493 e. The molecule has 2 aromatic carbocycles. The predicted octanol–water partition coefficient (Wildman–Crippen LogP) is 3.79. The molecule has 4 nitrogen and oxygen atoms in total. The van der Waals surface area contributed by atoms with Gasteiger partial charge in [0.1, 0.15) is 5.58 Å². The standard InChI is InChI=1S/C18H16O4/c1-11-4-6-15-13(8-11)9-14(18(19)22-15)12-5-7-16(20-2)17(10-12)21-3/h4-10H,1-3H3. The highest BCUT2D eigenvalue weighted by Crippen LogP contribution is 2.32. The molecule has 3 rings (SSSR count). The third-order valence-corrected chi connectivity index (χ3v) is 3.58. The number of methoxy groups -OCH3 is 2. The van der Waals surface area contributed by atoms with Crippen molar-refractivity contribution >= 4 is 11.0 Å². The molecule has 0 aliphatic heterocycles. The van der Waals surface area contributed by atoms with Gasteiger partial charge in [0.25, 0.3) is 0 Å². The smallest absolute Gasteiger partial charge is 0.344 e. The number of aryl methyl sites for hydroxylation is 1. The van der Waals surface area contributed by atoms with Crippen molar-refractivity contribution in [2.45, 2.75) is 6.92 Å². The summed E-state index contributed by atoms with van der Waals surface area (Å²) in [6.45, 7) is 2.00. The molecule has 0 unspecified atom stereocenters. The van der Waals surface area contributed by atoms with E-state index < -0.39 is 0 Å². The Morgan fingerprint density at radius 2 is 1.68 bits per heavy atom. The molecule has 3 aromatic rings. The summed E-state index contributed by atoms with van der Waals surface area (Å²) in [7, 11) is 3.14. The summed E-state index contributed by atoms with van der Waals surface area (Å²) in [5.74, 6) is 1.19. The maximum Gasteiger partial charge on any atom is 0.344 e. The Kier molecular flexibility index (Phi) is 3.59. The molecule has 0 fully saturated rings. The van der Waals surface area contributed by atoms with Gasteiger partial charge in [0.2, 0.25) is 0 Å². The monoisotopic (exact) mass is 296 g/mol. The fourth-order valence-corrected chi connectivity index (χ4v) is 2.45. The second-order valence-corrected chi connectivity index (χ2v) is 5.06. The number of fused-ring (bicyclic) bond motifs is 1. The number of ether oxygens (including phenoxy) is 2. The maximum atomic E-state index is 12.2. The zero-order valence-corrected chi connectivity index (χ0v) is 12.7. The average Bonchev–Trinajstić information content (AvgIpc) is 2.54. The molecule has 0 atom stereocenters. The Morgan fingerprint density at radius 1 is 0.909 bits per heavy atom. The molecular weight excluding hydrogens is 280 g/mol. The predicted molar refractivity (Wildman–Crippen MR) is 85.8 cm³/mol. The Labute approximate surface area is 127 Å². The van der Waals surface area contributed by atoms with E-state index >= 15 is 0 Å². The molecule has 0 amide bonds. The summed E-state index contributed by atoms with van der Waals surface area (Å²) in [5, 5.41) is 0.893. The van der Waals surface area contributed by atoms with Crippen molar-refractivity contribution in [3.63, 3.8) is 0 Å². The van der Waals surface area contributed by atoms with Crippen molar-refractivity contribution in [2.75, 3.05) is 14.2 Å². The van der Waals surface area contributed by atoms with E-state index in [1.54, 1.807) is 26.4 Å². The van der Waals surface area contributed by atoms with E-state index in [4.69, 9.17) is 13.9 Å². The van der Waals surface area contributed by atoms with Crippen LogP contribution in [0.15, 0.2) is 51.7 Å². The van der Waals surface area contributed by atoms with Gasteiger partial charge < -0.3 is 13.9 Å². The van der Waals surface area contributed by atoms with Gasteiger partial charge in [-0.05, 0) is 42.8 Å². The third-order valence-electron chi connectivity index (χ3n) is 3.58. The lowest BCUT2D eigenvalue weighted by molar-refractivity contribution is 0.355. The molecule has 4 heteroatoms. The van der Waals surface area contributed by atoms with Crippen LogP contribution in [0.2, 0.25) is 0 Å². The van der Waals surface area contributed by atoms with Crippen LogP contribution >= 0.6 is 0 Å². The van der Waals surface area contributed by atoms with E-state index in [2.05, 4.69) is 0 Å². The summed E-state index contributed by atoms with van der Waals surface area (Å²) >= 11 is 0. The molecule has 0 saturated carbocycles. The Balaban J connectivity index is 2.21. The number of rotatable bonds is 3. The second kappa shape index (κ2) is 5.56. The zero-order chi connectivity index (χ0) is 15.7. The molecule has 0 bridgehead atoms. The first-order valence-corrected chi connectivity index (χ1v) is 6.89. The molecule has 0 saturated heterocycles. The fraction of sp³-hybridized carbons (Fsp3) is 0.167. The van der Waals surface area contributed by atoms with Gasteiger partial charge in [-0.1, -0.05) is 17.7 Å². The van der Waals surface area contributed by atoms with Gasteiger partial charge in [-0.25, -0.2) is 4.79 Å². The maximum absolute atomic E-state index is 12.2. The number of hydrogen-bond acceptors (Lipinski definition) is 4. The van der Waals surface area contributed by atoms with Crippen LogP contribution in [0.25, 0.3) is 22.1 Å². The van der Waals surface area contributed by atoms with Crippen LogP contribution in [-0.2, 0) is 0 Å². The molecule has 0 spiro atoms. The van der Waals surface area contributed by atoms with E-state index in [0.29, 0.717) is 22.6 Å². The molecule has 0 aliphatic carbocycles. The van der Waals surface area contributed by atoms with Gasteiger partial charge in [0.15, 0.2) is 11.5 Å². The number of benzene rings is 2. The minimum Gasteiger partial charge on any atom is -0.493 e. The molecule has 1 heterocycles. The summed E-state index contributed by atoms with van der Waals surface area (Å²) in [6.07, 6.45) is 0. The van der Waals surface area contributed by atoms with Crippen LogP contribution in [0.3, 0.4) is 0 Å². The summed E-state index contributed by atoms with van der Waals surface area (Å²) in [6, 6.07) is 12.9. The third kappa shape index (κ3) is 2.44. The van der Waals surface area contributed by atoms with E-state index in [1.165, 1.54) is 0 Å². The lowest BCUT2D eigenvalue weighted by atomic mass is 10.0. The van der Waals surface area contributed by atoms with Gasteiger partial charge in [-0.3, -0.25) is 0 Å². The topological polar surface area (TPSA) is 48.7 Å². The fourth-order valence-electron chi connectivity index (χ4n) is 2.45. The number of hydrogen-bond donors (Lipinski definition) is 0.